The van der Waals surface area contributed by atoms with Crippen LogP contribution in [-0.2, 0) is 10.0 Å². The molecule has 0 aliphatic heterocycles. The average Bonchev–Trinajstić information content (AvgIpc) is 2.29. The van der Waals surface area contributed by atoms with Gasteiger partial charge in [0.1, 0.15) is 5.82 Å². The maximum Gasteiger partial charge on any atom is 0.212 e. The third-order valence-electron chi connectivity index (χ3n) is 2.59. The minimum atomic E-state index is -3.31. The molecule has 6 heteroatoms. The number of sulfonamides is 1. The zero-order chi connectivity index (χ0) is 13.6. The maximum absolute atomic E-state index is 12.7. The van der Waals surface area contributed by atoms with Crippen molar-refractivity contribution in [2.24, 2.45) is 5.73 Å². The van der Waals surface area contributed by atoms with Crippen molar-refractivity contribution in [1.29, 1.82) is 0 Å². The van der Waals surface area contributed by atoms with Crippen molar-refractivity contribution in [1.82, 2.24) is 4.72 Å². The van der Waals surface area contributed by atoms with Crippen molar-refractivity contribution < 1.29 is 12.8 Å². The molecule has 0 saturated heterocycles. The molecule has 1 aromatic rings. The van der Waals surface area contributed by atoms with Gasteiger partial charge in [0, 0.05) is 6.04 Å². The summed E-state index contributed by atoms with van der Waals surface area (Å²) in [5, 5.41) is 0. The second-order valence-electron chi connectivity index (χ2n) is 4.21. The van der Waals surface area contributed by atoms with Gasteiger partial charge in [-0.3, -0.25) is 0 Å². The number of unbranched alkanes of at least 4 members (excludes halogenated alkanes) is 1. The van der Waals surface area contributed by atoms with E-state index in [9.17, 15) is 12.8 Å². The van der Waals surface area contributed by atoms with E-state index in [-0.39, 0.29) is 17.6 Å². The molecular formula is C12H19FN2O2S. The van der Waals surface area contributed by atoms with Gasteiger partial charge in [0.25, 0.3) is 0 Å². The van der Waals surface area contributed by atoms with Gasteiger partial charge in [0.2, 0.25) is 10.0 Å². The molecule has 102 valence electrons. The second-order valence-corrected chi connectivity index (χ2v) is 6.08. The lowest BCUT2D eigenvalue weighted by molar-refractivity contribution is 0.562. The normalized spacial score (nSPS) is 13.5. The quantitative estimate of drug-likeness (QED) is 0.741. The zero-order valence-corrected chi connectivity index (χ0v) is 11.2. The molecule has 0 aliphatic rings. The number of nitrogens with two attached hydrogens (primary N) is 1. The van der Waals surface area contributed by atoms with Crippen molar-refractivity contribution in [2.75, 3.05) is 12.3 Å². The number of nitrogens with one attached hydrogen (secondary N) is 1. The van der Waals surface area contributed by atoms with Gasteiger partial charge >= 0.3 is 0 Å². The fourth-order valence-corrected chi connectivity index (χ4v) is 2.96. The van der Waals surface area contributed by atoms with Crippen LogP contribution in [0.15, 0.2) is 24.3 Å². The molecule has 0 spiro atoms. The summed E-state index contributed by atoms with van der Waals surface area (Å²) in [4.78, 5) is 0. The first-order chi connectivity index (χ1) is 8.44. The molecule has 1 aromatic carbocycles. The Kier molecular flexibility index (Phi) is 5.71. The zero-order valence-electron chi connectivity index (χ0n) is 10.4. The molecule has 1 atom stereocenters. The molecule has 0 fully saturated rings. The summed E-state index contributed by atoms with van der Waals surface area (Å²) in [6, 6.07) is 5.40. The highest BCUT2D eigenvalue weighted by molar-refractivity contribution is 7.89. The Morgan fingerprint density at radius 2 is 1.89 bits per heavy atom. The van der Waals surface area contributed by atoms with Crippen LogP contribution in [0.1, 0.15) is 31.4 Å². The van der Waals surface area contributed by atoms with Gasteiger partial charge in [0.05, 0.1) is 5.75 Å². The number of benzene rings is 1. The monoisotopic (exact) mass is 274 g/mol. The van der Waals surface area contributed by atoms with Gasteiger partial charge in [-0.15, -0.1) is 0 Å². The predicted molar refractivity (Wildman–Crippen MR) is 70.0 cm³/mol. The highest BCUT2D eigenvalue weighted by atomic mass is 32.2. The smallest absolute Gasteiger partial charge is 0.212 e. The number of hydrogen-bond acceptors (Lipinski definition) is 3. The number of rotatable bonds is 7. The van der Waals surface area contributed by atoms with Crippen LogP contribution in [0, 0.1) is 5.82 Å². The van der Waals surface area contributed by atoms with Gasteiger partial charge < -0.3 is 5.73 Å². The van der Waals surface area contributed by atoms with Crippen molar-refractivity contribution >= 4 is 10.0 Å². The Morgan fingerprint density at radius 3 is 2.44 bits per heavy atom. The molecule has 0 amide bonds. The van der Waals surface area contributed by atoms with E-state index in [0.29, 0.717) is 19.4 Å². The molecule has 18 heavy (non-hydrogen) atoms. The van der Waals surface area contributed by atoms with Crippen molar-refractivity contribution in [3.8, 4) is 0 Å². The first kappa shape index (κ1) is 15.1. The molecule has 0 heterocycles. The molecule has 0 aliphatic carbocycles. The molecule has 3 N–H and O–H groups in total. The van der Waals surface area contributed by atoms with Gasteiger partial charge in [-0.1, -0.05) is 12.1 Å². The maximum atomic E-state index is 12.7. The van der Waals surface area contributed by atoms with Gasteiger partial charge in [-0.2, -0.15) is 0 Å². The molecule has 0 radical (unpaired) electrons. The van der Waals surface area contributed by atoms with Gasteiger partial charge in [-0.25, -0.2) is 17.5 Å². The van der Waals surface area contributed by atoms with Crippen LogP contribution in [0.5, 0.6) is 0 Å². The summed E-state index contributed by atoms with van der Waals surface area (Å²) in [6.45, 7) is 2.22. The van der Waals surface area contributed by atoms with Crippen molar-refractivity contribution in [3.63, 3.8) is 0 Å². The van der Waals surface area contributed by atoms with E-state index in [2.05, 4.69) is 4.72 Å². The molecule has 0 bridgehead atoms. The van der Waals surface area contributed by atoms with Gasteiger partial charge in [0.15, 0.2) is 0 Å². The Labute approximate surface area is 107 Å². The lowest BCUT2D eigenvalue weighted by atomic mass is 10.1. The first-order valence-electron chi connectivity index (χ1n) is 5.90. The highest BCUT2D eigenvalue weighted by Gasteiger charge is 2.15. The molecule has 4 nitrogen and oxygen atoms in total. The van der Waals surface area contributed by atoms with Crippen LogP contribution in [0.25, 0.3) is 0 Å². The van der Waals surface area contributed by atoms with Crippen molar-refractivity contribution in [3.05, 3.63) is 35.6 Å². The van der Waals surface area contributed by atoms with Crippen LogP contribution in [0.3, 0.4) is 0 Å². The van der Waals surface area contributed by atoms with E-state index in [1.807, 2.05) is 0 Å². The van der Waals surface area contributed by atoms with E-state index >= 15 is 0 Å². The molecule has 1 rings (SSSR count). The lowest BCUT2D eigenvalue weighted by Gasteiger charge is -2.14. The predicted octanol–water partition coefficient (Wildman–Crippen LogP) is 1.54. The fraction of sp³-hybridized carbons (Fsp3) is 0.500. The summed E-state index contributed by atoms with van der Waals surface area (Å²) in [6.07, 6.45) is 1.23. The summed E-state index contributed by atoms with van der Waals surface area (Å²) in [5.74, 6) is -0.271. The third-order valence-corrected chi connectivity index (χ3v) is 4.13. The van der Waals surface area contributed by atoms with Crippen LogP contribution in [0.2, 0.25) is 0 Å². The van der Waals surface area contributed by atoms with E-state index in [0.717, 1.165) is 5.56 Å². The van der Waals surface area contributed by atoms with Crippen LogP contribution >= 0.6 is 0 Å². The largest absolute Gasteiger partial charge is 0.330 e. The number of halogens is 1. The van der Waals surface area contributed by atoms with Crippen molar-refractivity contribution in [2.45, 2.75) is 25.8 Å². The minimum Gasteiger partial charge on any atom is -0.330 e. The molecular weight excluding hydrogens is 255 g/mol. The van der Waals surface area contributed by atoms with Crippen LogP contribution in [0.4, 0.5) is 4.39 Å². The number of hydrogen-bond donors (Lipinski definition) is 2. The van der Waals surface area contributed by atoms with Crippen LogP contribution in [-0.4, -0.2) is 20.7 Å². The van der Waals surface area contributed by atoms with E-state index in [4.69, 9.17) is 5.73 Å². The van der Waals surface area contributed by atoms with E-state index in [1.54, 1.807) is 19.1 Å². The molecule has 1 unspecified atom stereocenters. The SMILES string of the molecule is CC(NS(=O)(=O)CCCCN)c1ccc(F)cc1. The van der Waals surface area contributed by atoms with Gasteiger partial charge in [-0.05, 0) is 44.0 Å². The average molecular weight is 274 g/mol. The lowest BCUT2D eigenvalue weighted by Crippen LogP contribution is -2.29. The summed E-state index contributed by atoms with van der Waals surface area (Å²) in [5.41, 5.74) is 6.05. The Balaban J connectivity index is 2.58. The third kappa shape index (κ3) is 5.12. The molecule has 0 aromatic heterocycles. The standard InChI is InChI=1S/C12H19FN2O2S/c1-10(11-4-6-12(13)7-5-11)15-18(16,17)9-3-2-8-14/h4-7,10,15H,2-3,8-9,14H2,1H3. The summed E-state index contributed by atoms with van der Waals surface area (Å²) in [7, 11) is -3.31. The molecule has 0 saturated carbocycles. The fourth-order valence-electron chi connectivity index (χ4n) is 1.58. The minimum absolute atomic E-state index is 0.0652. The Bertz CT molecular complexity index is 459. The Morgan fingerprint density at radius 1 is 1.28 bits per heavy atom. The summed E-state index contributed by atoms with van der Waals surface area (Å²) >= 11 is 0. The van der Waals surface area contributed by atoms with Crippen LogP contribution < -0.4 is 10.5 Å². The second kappa shape index (κ2) is 6.82. The van der Waals surface area contributed by atoms with E-state index < -0.39 is 10.0 Å². The first-order valence-corrected chi connectivity index (χ1v) is 7.55. The summed E-state index contributed by atoms with van der Waals surface area (Å²) < 4.78 is 38.8. The van der Waals surface area contributed by atoms with E-state index in [1.165, 1.54) is 12.1 Å². The Hall–Kier alpha value is -0.980. The highest BCUT2D eigenvalue weighted by Crippen LogP contribution is 2.14. The topological polar surface area (TPSA) is 72.2 Å².